The van der Waals surface area contributed by atoms with Gasteiger partial charge in [0.05, 0.1) is 11.3 Å². The molecule has 29 heavy (non-hydrogen) atoms. The van der Waals surface area contributed by atoms with Gasteiger partial charge in [0.15, 0.2) is 0 Å². The molecule has 0 aromatic heterocycles. The van der Waals surface area contributed by atoms with Gasteiger partial charge in [0.25, 0.3) is 11.8 Å². The van der Waals surface area contributed by atoms with Gasteiger partial charge in [-0.3, -0.25) is 9.59 Å². The van der Waals surface area contributed by atoms with Crippen LogP contribution in [0, 0.1) is 19.7 Å². The van der Waals surface area contributed by atoms with E-state index >= 15 is 0 Å². The van der Waals surface area contributed by atoms with Gasteiger partial charge in [-0.15, -0.1) is 0 Å². The number of carbonyl (C=O) groups is 2. The number of imide groups is 1. The van der Waals surface area contributed by atoms with Crippen LogP contribution in [0.1, 0.15) is 16.7 Å². The van der Waals surface area contributed by atoms with Crippen molar-refractivity contribution in [3.8, 4) is 0 Å². The predicted octanol–water partition coefficient (Wildman–Crippen LogP) is 4.84. The minimum Gasteiger partial charge on any atom is -0.350 e. The van der Waals surface area contributed by atoms with Crippen molar-refractivity contribution in [3.05, 3.63) is 101 Å². The quantitative estimate of drug-likeness (QED) is 0.653. The van der Waals surface area contributed by atoms with E-state index in [1.165, 1.54) is 12.1 Å². The van der Waals surface area contributed by atoms with Crippen molar-refractivity contribution >= 4 is 28.8 Å². The summed E-state index contributed by atoms with van der Waals surface area (Å²) in [5, 5.41) is 2.97. The van der Waals surface area contributed by atoms with E-state index in [0.717, 1.165) is 16.0 Å². The van der Waals surface area contributed by atoms with E-state index in [1.54, 1.807) is 36.4 Å². The first-order valence-electron chi connectivity index (χ1n) is 9.24. The number of amides is 2. The third-order valence-corrected chi connectivity index (χ3v) is 4.99. The summed E-state index contributed by atoms with van der Waals surface area (Å²) in [6.07, 6.45) is 0. The van der Waals surface area contributed by atoms with Crippen LogP contribution in [0.5, 0.6) is 0 Å². The van der Waals surface area contributed by atoms with Crippen molar-refractivity contribution in [2.24, 2.45) is 0 Å². The summed E-state index contributed by atoms with van der Waals surface area (Å²) >= 11 is 0. The number of halogens is 1. The van der Waals surface area contributed by atoms with Gasteiger partial charge >= 0.3 is 0 Å². The molecular formula is C24H19FN2O2. The Hall–Kier alpha value is -3.73. The molecule has 4 rings (SSSR count). The summed E-state index contributed by atoms with van der Waals surface area (Å²) in [4.78, 5) is 27.7. The monoisotopic (exact) mass is 386 g/mol. The third-order valence-electron chi connectivity index (χ3n) is 4.99. The number of benzene rings is 3. The second-order valence-electron chi connectivity index (χ2n) is 6.97. The molecule has 3 aromatic carbocycles. The van der Waals surface area contributed by atoms with Crippen molar-refractivity contribution < 1.29 is 14.0 Å². The molecule has 4 nitrogen and oxygen atoms in total. The van der Waals surface area contributed by atoms with Crippen LogP contribution < -0.4 is 10.2 Å². The summed E-state index contributed by atoms with van der Waals surface area (Å²) in [5.41, 5.74) is 4.03. The fourth-order valence-electron chi connectivity index (χ4n) is 3.33. The molecule has 1 N–H and O–H groups in total. The average molecular weight is 386 g/mol. The molecule has 0 aliphatic carbocycles. The van der Waals surface area contributed by atoms with Gasteiger partial charge in [0, 0.05) is 5.69 Å². The lowest BCUT2D eigenvalue weighted by Gasteiger charge is -2.15. The first kappa shape index (κ1) is 18.6. The number of carbonyl (C=O) groups excluding carboxylic acids is 2. The summed E-state index contributed by atoms with van der Waals surface area (Å²) in [5.74, 6) is -1.32. The first-order valence-corrected chi connectivity index (χ1v) is 9.24. The Morgan fingerprint density at radius 1 is 0.793 bits per heavy atom. The van der Waals surface area contributed by atoms with E-state index in [2.05, 4.69) is 5.32 Å². The molecule has 0 bridgehead atoms. The van der Waals surface area contributed by atoms with Gasteiger partial charge < -0.3 is 5.32 Å². The molecule has 3 aromatic rings. The van der Waals surface area contributed by atoms with Crippen LogP contribution in [0.3, 0.4) is 0 Å². The molecule has 1 aliphatic rings. The van der Waals surface area contributed by atoms with Crippen molar-refractivity contribution in [3.63, 3.8) is 0 Å². The average Bonchev–Trinajstić information content (AvgIpc) is 2.94. The second kappa shape index (κ2) is 7.36. The van der Waals surface area contributed by atoms with Crippen LogP contribution in [-0.4, -0.2) is 11.8 Å². The lowest BCUT2D eigenvalue weighted by Crippen LogP contribution is -2.32. The first-order chi connectivity index (χ1) is 14.0. The van der Waals surface area contributed by atoms with Gasteiger partial charge in [-0.1, -0.05) is 42.5 Å². The highest BCUT2D eigenvalue weighted by Gasteiger charge is 2.40. The largest absolute Gasteiger partial charge is 0.350 e. The molecule has 0 saturated carbocycles. The third kappa shape index (κ3) is 3.43. The molecule has 5 heteroatoms. The zero-order valence-corrected chi connectivity index (χ0v) is 16.1. The van der Waals surface area contributed by atoms with Crippen molar-refractivity contribution in [1.82, 2.24) is 0 Å². The maximum Gasteiger partial charge on any atom is 0.282 e. The highest BCUT2D eigenvalue weighted by atomic mass is 19.1. The summed E-state index contributed by atoms with van der Waals surface area (Å²) < 4.78 is 13.7. The number of para-hydroxylation sites is 1. The maximum absolute atomic E-state index is 13.7. The van der Waals surface area contributed by atoms with Crippen molar-refractivity contribution in [2.75, 3.05) is 10.2 Å². The molecule has 0 spiro atoms. The number of anilines is 2. The van der Waals surface area contributed by atoms with E-state index in [4.69, 9.17) is 0 Å². The lowest BCUT2D eigenvalue weighted by molar-refractivity contribution is -0.120. The number of rotatable bonds is 4. The molecule has 1 heterocycles. The predicted molar refractivity (Wildman–Crippen MR) is 112 cm³/mol. The van der Waals surface area contributed by atoms with Crippen molar-refractivity contribution in [1.29, 1.82) is 0 Å². The molecule has 0 fully saturated rings. The number of hydrogen-bond donors (Lipinski definition) is 1. The van der Waals surface area contributed by atoms with Crippen molar-refractivity contribution in [2.45, 2.75) is 13.8 Å². The molecule has 144 valence electrons. The van der Waals surface area contributed by atoms with E-state index in [1.807, 2.05) is 38.1 Å². The van der Waals surface area contributed by atoms with Crippen LogP contribution in [0.25, 0.3) is 5.57 Å². The van der Waals surface area contributed by atoms with Gasteiger partial charge in [-0.05, 0) is 60.9 Å². The second-order valence-corrected chi connectivity index (χ2v) is 6.97. The van der Waals surface area contributed by atoms with Crippen LogP contribution in [-0.2, 0) is 9.59 Å². The Kier molecular flexibility index (Phi) is 4.72. The standard InChI is InChI=1S/C24H19FN2O2/c1-15-11-12-17(13-16(15)2)21-22(26-19-8-6-7-18(25)14-19)24(29)27(23(21)28)20-9-4-3-5-10-20/h3-14,26H,1-2H3. The van der Waals surface area contributed by atoms with E-state index in [0.29, 0.717) is 16.9 Å². The van der Waals surface area contributed by atoms with Gasteiger partial charge in [-0.25, -0.2) is 9.29 Å². The molecule has 0 unspecified atom stereocenters. The van der Waals surface area contributed by atoms with E-state index < -0.39 is 17.6 Å². The molecule has 2 amide bonds. The molecule has 1 aliphatic heterocycles. The summed E-state index contributed by atoms with van der Waals surface area (Å²) in [7, 11) is 0. The van der Waals surface area contributed by atoms with Crippen LogP contribution >= 0.6 is 0 Å². The molecule has 0 radical (unpaired) electrons. The summed E-state index contributed by atoms with van der Waals surface area (Å²) in [6.45, 7) is 3.94. The minimum absolute atomic E-state index is 0.132. The van der Waals surface area contributed by atoms with Crippen LogP contribution in [0.2, 0.25) is 0 Å². The fourth-order valence-corrected chi connectivity index (χ4v) is 3.33. The molecule has 0 atom stereocenters. The number of hydrogen-bond acceptors (Lipinski definition) is 3. The Balaban J connectivity index is 1.85. The number of aryl methyl sites for hydroxylation is 2. The van der Waals surface area contributed by atoms with E-state index in [9.17, 15) is 14.0 Å². The zero-order valence-electron chi connectivity index (χ0n) is 16.1. The Labute approximate surface area is 168 Å². The van der Waals surface area contributed by atoms with Crippen LogP contribution in [0.4, 0.5) is 15.8 Å². The minimum atomic E-state index is -0.473. The normalized spacial score (nSPS) is 14.0. The topological polar surface area (TPSA) is 49.4 Å². The lowest BCUT2D eigenvalue weighted by atomic mass is 9.99. The van der Waals surface area contributed by atoms with Gasteiger partial charge in [0.1, 0.15) is 11.5 Å². The summed E-state index contributed by atoms with van der Waals surface area (Å²) in [6, 6.07) is 20.2. The van der Waals surface area contributed by atoms with E-state index in [-0.39, 0.29) is 11.3 Å². The Morgan fingerprint density at radius 2 is 1.55 bits per heavy atom. The molecular weight excluding hydrogens is 367 g/mol. The SMILES string of the molecule is Cc1ccc(C2=C(Nc3cccc(F)c3)C(=O)N(c3ccccc3)C2=O)cc1C. The molecule has 0 saturated heterocycles. The fraction of sp³-hybridized carbons (Fsp3) is 0.0833. The number of nitrogens with zero attached hydrogens (tertiary/aromatic N) is 1. The van der Waals surface area contributed by atoms with Crippen LogP contribution in [0.15, 0.2) is 78.5 Å². The maximum atomic E-state index is 13.7. The Bertz CT molecular complexity index is 1150. The Morgan fingerprint density at radius 3 is 2.24 bits per heavy atom. The van der Waals surface area contributed by atoms with Gasteiger partial charge in [0.2, 0.25) is 0 Å². The zero-order chi connectivity index (χ0) is 20.5. The number of nitrogens with one attached hydrogen (secondary N) is 1. The van der Waals surface area contributed by atoms with Gasteiger partial charge in [-0.2, -0.15) is 0 Å². The highest BCUT2D eigenvalue weighted by molar-refractivity contribution is 6.46. The highest BCUT2D eigenvalue weighted by Crippen LogP contribution is 2.34. The smallest absolute Gasteiger partial charge is 0.282 e.